The summed E-state index contributed by atoms with van der Waals surface area (Å²) >= 11 is 0. The summed E-state index contributed by atoms with van der Waals surface area (Å²) in [5.74, 6) is 0.600. The molecule has 0 bridgehead atoms. The van der Waals surface area contributed by atoms with Gasteiger partial charge in [-0.25, -0.2) is 0 Å². The smallest absolute Gasteiger partial charge is 0.465 e. The lowest BCUT2D eigenvalue weighted by Crippen LogP contribution is -2.37. The largest absolute Gasteiger partial charge is 0.573 e. The lowest BCUT2D eigenvalue weighted by molar-refractivity contribution is -0.274. The van der Waals surface area contributed by atoms with Crippen molar-refractivity contribution in [2.24, 2.45) is 0 Å². The maximum Gasteiger partial charge on any atom is 0.573 e. The average molecular weight is 451 g/mol. The fourth-order valence-corrected chi connectivity index (χ4v) is 3.97. The van der Waals surface area contributed by atoms with Crippen LogP contribution in [-0.4, -0.2) is 38.5 Å². The van der Waals surface area contributed by atoms with Gasteiger partial charge in [0.1, 0.15) is 11.5 Å². The molecule has 1 unspecified atom stereocenters. The van der Waals surface area contributed by atoms with Crippen LogP contribution < -0.4 is 14.4 Å². The zero-order chi connectivity index (χ0) is 22.4. The van der Waals surface area contributed by atoms with Gasteiger partial charge in [-0.1, -0.05) is 12.1 Å². The molecular weight excluding hydrogens is 423 g/mol. The first-order chi connectivity index (χ1) is 15.4. The fourth-order valence-electron chi connectivity index (χ4n) is 3.97. The summed E-state index contributed by atoms with van der Waals surface area (Å²) in [6, 6.07) is 13.9. The topological polar surface area (TPSA) is 40.2 Å². The Labute approximate surface area is 186 Å². The normalized spacial score (nSPS) is 20.2. The molecule has 2 heterocycles. The summed E-state index contributed by atoms with van der Waals surface area (Å²) in [6.07, 6.45) is 0.259. The Morgan fingerprint density at radius 3 is 2.19 bits per heavy atom. The van der Waals surface area contributed by atoms with E-state index in [-0.39, 0.29) is 18.1 Å². The van der Waals surface area contributed by atoms with Crippen molar-refractivity contribution < 1.29 is 32.1 Å². The quantitative estimate of drug-likeness (QED) is 0.542. The van der Waals surface area contributed by atoms with E-state index in [4.69, 9.17) is 14.2 Å². The van der Waals surface area contributed by atoms with Crippen molar-refractivity contribution >= 4 is 5.69 Å². The molecule has 0 aromatic heterocycles. The average Bonchev–Trinajstić information content (AvgIpc) is 2.79. The molecule has 2 aliphatic rings. The first-order valence-corrected chi connectivity index (χ1v) is 11.0. The van der Waals surface area contributed by atoms with Crippen molar-refractivity contribution in [2.45, 2.75) is 57.5 Å². The minimum Gasteiger partial charge on any atom is -0.465 e. The molecule has 2 saturated heterocycles. The van der Waals surface area contributed by atoms with Crippen LogP contribution in [0.25, 0.3) is 0 Å². The summed E-state index contributed by atoms with van der Waals surface area (Å²) < 4.78 is 58.1. The van der Waals surface area contributed by atoms with Gasteiger partial charge in [0.15, 0.2) is 6.29 Å². The second kappa shape index (κ2) is 10.4. The number of hydrogen-bond acceptors (Lipinski definition) is 5. The number of rotatable bonds is 7. The highest BCUT2D eigenvalue weighted by molar-refractivity contribution is 5.49. The van der Waals surface area contributed by atoms with E-state index in [1.165, 1.54) is 12.1 Å². The molecule has 2 aromatic rings. The highest BCUT2D eigenvalue weighted by Gasteiger charge is 2.31. The maximum absolute atomic E-state index is 12.2. The third kappa shape index (κ3) is 6.77. The molecule has 4 rings (SSSR count). The van der Waals surface area contributed by atoms with E-state index in [9.17, 15) is 13.2 Å². The van der Waals surface area contributed by atoms with E-state index in [0.29, 0.717) is 6.61 Å². The van der Waals surface area contributed by atoms with Crippen molar-refractivity contribution in [1.29, 1.82) is 0 Å². The van der Waals surface area contributed by atoms with E-state index in [1.54, 1.807) is 12.1 Å². The summed E-state index contributed by atoms with van der Waals surface area (Å²) in [5.41, 5.74) is 1.97. The van der Waals surface area contributed by atoms with E-state index in [0.717, 1.165) is 68.8 Å². The lowest BCUT2D eigenvalue weighted by Gasteiger charge is -2.33. The number of alkyl halides is 3. The van der Waals surface area contributed by atoms with Crippen LogP contribution in [0.3, 0.4) is 0 Å². The molecule has 2 aromatic carbocycles. The van der Waals surface area contributed by atoms with Gasteiger partial charge in [0.2, 0.25) is 0 Å². The van der Waals surface area contributed by atoms with Crippen molar-refractivity contribution in [3.63, 3.8) is 0 Å². The Kier molecular flexibility index (Phi) is 7.42. The van der Waals surface area contributed by atoms with Gasteiger partial charge in [-0.15, -0.1) is 13.2 Å². The molecule has 0 amide bonds. The summed E-state index contributed by atoms with van der Waals surface area (Å²) in [5, 5.41) is 0. The number of halogens is 3. The molecule has 0 N–H and O–H groups in total. The van der Waals surface area contributed by atoms with Gasteiger partial charge in [-0.05, 0) is 67.6 Å². The van der Waals surface area contributed by atoms with Crippen LogP contribution in [0.5, 0.6) is 11.5 Å². The highest BCUT2D eigenvalue weighted by Crippen LogP contribution is 2.27. The number of hydrogen-bond donors (Lipinski definition) is 0. The lowest BCUT2D eigenvalue weighted by atomic mass is 10.1. The summed E-state index contributed by atoms with van der Waals surface area (Å²) in [4.78, 5) is 2.32. The minimum absolute atomic E-state index is 0.128. The predicted octanol–water partition coefficient (Wildman–Crippen LogP) is 5.68. The standard InChI is InChI=1S/C24H28F3NO4/c25-24(26,27)32-22-8-4-18(5-9-22)17-30-20-12-14-28(15-13-20)19-6-10-21(11-7-19)31-23-3-1-2-16-29-23/h4-11,20,23H,1-3,12-17H2. The van der Waals surface area contributed by atoms with Crippen molar-refractivity contribution in [2.75, 3.05) is 24.6 Å². The first-order valence-electron chi connectivity index (χ1n) is 11.0. The van der Waals surface area contributed by atoms with Gasteiger partial charge < -0.3 is 23.8 Å². The molecule has 0 saturated carbocycles. The highest BCUT2D eigenvalue weighted by atomic mass is 19.4. The molecule has 32 heavy (non-hydrogen) atoms. The SMILES string of the molecule is FC(F)(F)Oc1ccc(COC2CCN(c3ccc(OC4CCCCO4)cc3)CC2)cc1. The third-order valence-corrected chi connectivity index (χ3v) is 5.69. The van der Waals surface area contributed by atoms with Gasteiger partial charge in [0, 0.05) is 25.2 Å². The minimum atomic E-state index is -4.68. The predicted molar refractivity (Wildman–Crippen MR) is 114 cm³/mol. The molecule has 174 valence electrons. The van der Waals surface area contributed by atoms with E-state index in [2.05, 4.69) is 21.8 Å². The Bertz CT molecular complexity index is 828. The van der Waals surface area contributed by atoms with Crippen LogP contribution in [0, 0.1) is 0 Å². The van der Waals surface area contributed by atoms with Gasteiger partial charge in [0.25, 0.3) is 0 Å². The Balaban J connectivity index is 1.19. The molecule has 0 aliphatic carbocycles. The van der Waals surface area contributed by atoms with Gasteiger partial charge in [-0.3, -0.25) is 0 Å². The summed E-state index contributed by atoms with van der Waals surface area (Å²) in [6.45, 7) is 2.90. The fraction of sp³-hybridized carbons (Fsp3) is 0.500. The zero-order valence-electron chi connectivity index (χ0n) is 17.9. The first kappa shape index (κ1) is 22.7. The van der Waals surface area contributed by atoms with Crippen LogP contribution in [0.4, 0.5) is 18.9 Å². The molecule has 8 heteroatoms. The van der Waals surface area contributed by atoms with Crippen LogP contribution >= 0.6 is 0 Å². The maximum atomic E-state index is 12.2. The molecule has 1 atom stereocenters. The third-order valence-electron chi connectivity index (χ3n) is 5.69. The van der Waals surface area contributed by atoms with E-state index in [1.807, 2.05) is 12.1 Å². The summed E-state index contributed by atoms with van der Waals surface area (Å²) in [7, 11) is 0. The molecule has 2 aliphatic heterocycles. The Hall–Kier alpha value is -2.45. The van der Waals surface area contributed by atoms with Crippen LogP contribution in [0.15, 0.2) is 48.5 Å². The second-order valence-electron chi connectivity index (χ2n) is 8.10. The molecule has 5 nitrogen and oxygen atoms in total. The van der Waals surface area contributed by atoms with Crippen molar-refractivity contribution in [3.05, 3.63) is 54.1 Å². The zero-order valence-corrected chi connectivity index (χ0v) is 17.9. The monoisotopic (exact) mass is 451 g/mol. The number of benzene rings is 2. The van der Waals surface area contributed by atoms with E-state index < -0.39 is 6.36 Å². The molecule has 0 spiro atoms. The van der Waals surface area contributed by atoms with E-state index >= 15 is 0 Å². The second-order valence-corrected chi connectivity index (χ2v) is 8.10. The number of piperidine rings is 1. The Morgan fingerprint density at radius 2 is 1.56 bits per heavy atom. The Morgan fingerprint density at radius 1 is 0.875 bits per heavy atom. The van der Waals surface area contributed by atoms with Crippen LogP contribution in [0.1, 0.15) is 37.7 Å². The van der Waals surface area contributed by atoms with Gasteiger partial charge in [-0.2, -0.15) is 0 Å². The molecule has 2 fully saturated rings. The number of nitrogens with zero attached hydrogens (tertiary/aromatic N) is 1. The van der Waals surface area contributed by atoms with Crippen LogP contribution in [-0.2, 0) is 16.1 Å². The molecular formula is C24H28F3NO4. The molecule has 0 radical (unpaired) electrons. The number of ether oxygens (including phenoxy) is 4. The number of anilines is 1. The van der Waals surface area contributed by atoms with Crippen molar-refractivity contribution in [3.8, 4) is 11.5 Å². The van der Waals surface area contributed by atoms with Crippen LogP contribution in [0.2, 0.25) is 0 Å². The van der Waals surface area contributed by atoms with Crippen molar-refractivity contribution in [1.82, 2.24) is 0 Å². The van der Waals surface area contributed by atoms with Gasteiger partial charge in [0.05, 0.1) is 19.3 Å². The van der Waals surface area contributed by atoms with Gasteiger partial charge >= 0.3 is 6.36 Å².